The third-order valence-corrected chi connectivity index (χ3v) is 1.82. The van der Waals surface area contributed by atoms with Crippen molar-refractivity contribution in [2.24, 2.45) is 0 Å². The molecular weight excluding hydrogens is 182 g/mol. The van der Waals surface area contributed by atoms with Crippen LogP contribution in [0.2, 0.25) is 0 Å². The first kappa shape index (κ1) is 11.1. The SMILES string of the molecule is CCCn1cnnc1COCCOC. The topological polar surface area (TPSA) is 49.2 Å². The molecule has 5 heteroatoms. The Bertz CT molecular complexity index is 250. The van der Waals surface area contributed by atoms with Gasteiger partial charge >= 0.3 is 0 Å². The molecule has 0 aliphatic rings. The molecule has 80 valence electrons. The predicted octanol–water partition coefficient (Wildman–Crippen LogP) is 0.851. The van der Waals surface area contributed by atoms with Gasteiger partial charge in [-0.15, -0.1) is 10.2 Å². The summed E-state index contributed by atoms with van der Waals surface area (Å²) in [5.41, 5.74) is 0. The first-order chi connectivity index (χ1) is 6.88. The molecule has 0 N–H and O–H groups in total. The van der Waals surface area contributed by atoms with Gasteiger partial charge in [0, 0.05) is 13.7 Å². The predicted molar refractivity (Wildman–Crippen MR) is 51.8 cm³/mol. The molecule has 14 heavy (non-hydrogen) atoms. The summed E-state index contributed by atoms with van der Waals surface area (Å²) < 4.78 is 12.2. The molecule has 0 atom stereocenters. The van der Waals surface area contributed by atoms with Crippen LogP contribution in [0.25, 0.3) is 0 Å². The molecule has 1 aromatic rings. The molecule has 5 nitrogen and oxygen atoms in total. The summed E-state index contributed by atoms with van der Waals surface area (Å²) in [6.45, 7) is 4.77. The highest BCUT2D eigenvalue weighted by atomic mass is 16.5. The largest absolute Gasteiger partial charge is 0.382 e. The van der Waals surface area contributed by atoms with Crippen molar-refractivity contribution in [2.45, 2.75) is 26.5 Å². The molecule has 0 bridgehead atoms. The van der Waals surface area contributed by atoms with E-state index in [0.717, 1.165) is 18.8 Å². The molecule has 0 aliphatic carbocycles. The van der Waals surface area contributed by atoms with Crippen LogP contribution in [-0.4, -0.2) is 35.1 Å². The lowest BCUT2D eigenvalue weighted by Gasteiger charge is -2.05. The maximum absolute atomic E-state index is 5.36. The molecule has 1 aromatic heterocycles. The molecule has 1 rings (SSSR count). The van der Waals surface area contributed by atoms with E-state index in [1.807, 2.05) is 4.57 Å². The highest BCUT2D eigenvalue weighted by Gasteiger charge is 2.02. The number of hydrogen-bond acceptors (Lipinski definition) is 4. The molecule has 1 heterocycles. The van der Waals surface area contributed by atoms with E-state index in [-0.39, 0.29) is 0 Å². The van der Waals surface area contributed by atoms with Crippen molar-refractivity contribution in [1.29, 1.82) is 0 Å². The molecule has 0 fully saturated rings. The van der Waals surface area contributed by atoms with Crippen LogP contribution in [-0.2, 0) is 22.6 Å². The molecular formula is C9H17N3O2. The summed E-state index contributed by atoms with van der Waals surface area (Å²) in [5.74, 6) is 0.878. The summed E-state index contributed by atoms with van der Waals surface area (Å²) in [7, 11) is 1.66. The lowest BCUT2D eigenvalue weighted by molar-refractivity contribution is 0.0571. The van der Waals surface area contributed by atoms with Gasteiger partial charge in [0.05, 0.1) is 13.2 Å². The number of aromatic nitrogens is 3. The van der Waals surface area contributed by atoms with Crippen molar-refractivity contribution in [3.05, 3.63) is 12.2 Å². The first-order valence-corrected chi connectivity index (χ1v) is 4.81. The van der Waals surface area contributed by atoms with Gasteiger partial charge < -0.3 is 14.0 Å². The minimum Gasteiger partial charge on any atom is -0.382 e. The van der Waals surface area contributed by atoms with E-state index in [4.69, 9.17) is 9.47 Å². The molecule has 0 radical (unpaired) electrons. The second-order valence-electron chi connectivity index (χ2n) is 2.99. The lowest BCUT2D eigenvalue weighted by Crippen LogP contribution is -2.07. The summed E-state index contributed by atoms with van der Waals surface area (Å²) in [6.07, 6.45) is 2.81. The van der Waals surface area contributed by atoms with Gasteiger partial charge in [-0.05, 0) is 6.42 Å². The molecule has 0 aliphatic heterocycles. The van der Waals surface area contributed by atoms with Gasteiger partial charge in [0.1, 0.15) is 12.9 Å². The molecule has 0 aromatic carbocycles. The Hall–Kier alpha value is -0.940. The number of hydrogen-bond donors (Lipinski definition) is 0. The normalized spacial score (nSPS) is 10.7. The minimum atomic E-state index is 0.503. The number of ether oxygens (including phenoxy) is 2. The van der Waals surface area contributed by atoms with Crippen LogP contribution < -0.4 is 0 Å². The lowest BCUT2D eigenvalue weighted by atomic mass is 10.4. The zero-order valence-electron chi connectivity index (χ0n) is 8.77. The van der Waals surface area contributed by atoms with Crippen LogP contribution in [0.15, 0.2) is 6.33 Å². The highest BCUT2D eigenvalue weighted by Crippen LogP contribution is 1.98. The van der Waals surface area contributed by atoms with E-state index in [1.54, 1.807) is 13.4 Å². The monoisotopic (exact) mass is 199 g/mol. The van der Waals surface area contributed by atoms with Gasteiger partial charge in [0.25, 0.3) is 0 Å². The zero-order valence-corrected chi connectivity index (χ0v) is 8.77. The Labute approximate surface area is 84.0 Å². The highest BCUT2D eigenvalue weighted by molar-refractivity contribution is 4.82. The van der Waals surface area contributed by atoms with Crippen molar-refractivity contribution in [2.75, 3.05) is 20.3 Å². The second kappa shape index (κ2) is 6.50. The fraction of sp³-hybridized carbons (Fsp3) is 0.778. The van der Waals surface area contributed by atoms with Crippen LogP contribution in [0, 0.1) is 0 Å². The van der Waals surface area contributed by atoms with E-state index in [1.165, 1.54) is 0 Å². The van der Waals surface area contributed by atoms with E-state index >= 15 is 0 Å². The van der Waals surface area contributed by atoms with Crippen LogP contribution in [0.1, 0.15) is 19.2 Å². The second-order valence-corrected chi connectivity index (χ2v) is 2.99. The average molecular weight is 199 g/mol. The average Bonchev–Trinajstić information content (AvgIpc) is 2.61. The van der Waals surface area contributed by atoms with Crippen molar-refractivity contribution in [1.82, 2.24) is 14.8 Å². The van der Waals surface area contributed by atoms with Gasteiger partial charge in [-0.25, -0.2) is 0 Å². The maximum Gasteiger partial charge on any atom is 0.158 e. The minimum absolute atomic E-state index is 0.503. The van der Waals surface area contributed by atoms with Gasteiger partial charge in [0.15, 0.2) is 5.82 Å². The summed E-state index contributed by atoms with van der Waals surface area (Å²) in [6, 6.07) is 0. The number of rotatable bonds is 7. The summed E-state index contributed by atoms with van der Waals surface area (Å²) in [5, 5.41) is 7.82. The standard InChI is InChI=1S/C9H17N3O2/c1-3-4-12-8-10-11-9(12)7-14-6-5-13-2/h8H,3-7H2,1-2H3. The Morgan fingerprint density at radius 1 is 1.43 bits per heavy atom. The quantitative estimate of drug-likeness (QED) is 0.611. The fourth-order valence-electron chi connectivity index (χ4n) is 1.12. The van der Waals surface area contributed by atoms with Crippen LogP contribution in [0.5, 0.6) is 0 Å². The Morgan fingerprint density at radius 3 is 3.00 bits per heavy atom. The maximum atomic E-state index is 5.36. The van der Waals surface area contributed by atoms with Crippen molar-refractivity contribution in [3.63, 3.8) is 0 Å². The van der Waals surface area contributed by atoms with Crippen LogP contribution in [0.3, 0.4) is 0 Å². The Kier molecular flexibility index (Phi) is 5.17. The van der Waals surface area contributed by atoms with Gasteiger partial charge in [0.2, 0.25) is 0 Å². The Balaban J connectivity index is 2.30. The number of aryl methyl sites for hydroxylation is 1. The van der Waals surface area contributed by atoms with E-state index in [9.17, 15) is 0 Å². The molecule has 0 saturated carbocycles. The number of methoxy groups -OCH3 is 1. The van der Waals surface area contributed by atoms with E-state index < -0.39 is 0 Å². The molecule has 0 spiro atoms. The fourth-order valence-corrected chi connectivity index (χ4v) is 1.12. The third-order valence-electron chi connectivity index (χ3n) is 1.82. The first-order valence-electron chi connectivity index (χ1n) is 4.81. The zero-order chi connectivity index (χ0) is 10.2. The molecule has 0 saturated heterocycles. The smallest absolute Gasteiger partial charge is 0.158 e. The van der Waals surface area contributed by atoms with E-state index in [0.29, 0.717) is 19.8 Å². The van der Waals surface area contributed by atoms with Crippen LogP contribution >= 0.6 is 0 Å². The van der Waals surface area contributed by atoms with Crippen molar-refractivity contribution < 1.29 is 9.47 Å². The van der Waals surface area contributed by atoms with Gasteiger partial charge in [-0.3, -0.25) is 0 Å². The van der Waals surface area contributed by atoms with Crippen molar-refractivity contribution >= 4 is 0 Å². The summed E-state index contributed by atoms with van der Waals surface area (Å²) >= 11 is 0. The van der Waals surface area contributed by atoms with Crippen molar-refractivity contribution in [3.8, 4) is 0 Å². The molecule has 0 amide bonds. The van der Waals surface area contributed by atoms with E-state index in [2.05, 4.69) is 17.1 Å². The number of nitrogens with zero attached hydrogens (tertiary/aromatic N) is 3. The summed E-state index contributed by atoms with van der Waals surface area (Å²) in [4.78, 5) is 0. The third kappa shape index (κ3) is 3.43. The Morgan fingerprint density at radius 2 is 2.29 bits per heavy atom. The molecule has 0 unspecified atom stereocenters. The van der Waals surface area contributed by atoms with Gasteiger partial charge in [-0.2, -0.15) is 0 Å². The van der Waals surface area contributed by atoms with Gasteiger partial charge in [-0.1, -0.05) is 6.92 Å². The van der Waals surface area contributed by atoms with Crippen LogP contribution in [0.4, 0.5) is 0 Å².